The van der Waals surface area contributed by atoms with E-state index in [9.17, 15) is 4.79 Å². The summed E-state index contributed by atoms with van der Waals surface area (Å²) in [5.74, 6) is -0.882. The molecule has 0 radical (unpaired) electrons. The van der Waals surface area contributed by atoms with Crippen LogP contribution in [0, 0.1) is 0 Å². The predicted octanol–water partition coefficient (Wildman–Crippen LogP) is 2.91. The fraction of sp³-hybridized carbons (Fsp3) is 0.545. The molecule has 0 aliphatic heterocycles. The molecule has 0 aromatic rings. The number of rotatable bonds is 3. The van der Waals surface area contributed by atoms with Gasteiger partial charge in [-0.2, -0.15) is 0 Å². The van der Waals surface area contributed by atoms with Crippen LogP contribution < -0.4 is 0 Å². The van der Waals surface area contributed by atoms with Crippen LogP contribution in [-0.4, -0.2) is 11.1 Å². The van der Waals surface area contributed by atoms with Crippen molar-refractivity contribution in [3.8, 4) is 0 Å². The van der Waals surface area contributed by atoms with Crippen LogP contribution in [0.5, 0.6) is 0 Å². The van der Waals surface area contributed by atoms with Crippen LogP contribution in [0.3, 0.4) is 0 Å². The summed E-state index contributed by atoms with van der Waals surface area (Å²) in [4.78, 5) is 10.4. The van der Waals surface area contributed by atoms with Crippen molar-refractivity contribution < 1.29 is 9.90 Å². The summed E-state index contributed by atoms with van der Waals surface area (Å²) in [5.41, 5.74) is 1.70. The van der Waals surface area contributed by atoms with Gasteiger partial charge in [0.15, 0.2) is 0 Å². The number of carbonyl (C=O) groups is 1. The van der Waals surface area contributed by atoms with Gasteiger partial charge in [-0.25, -0.2) is 4.79 Å². The van der Waals surface area contributed by atoms with Crippen molar-refractivity contribution in [2.45, 2.75) is 38.5 Å². The standard InChI is InChI=1S/C11H16O2/c1-9(11(12)13)7-8-10-5-3-2-4-6-10/h8H,1-7H2,(H,12,13). The van der Waals surface area contributed by atoms with Gasteiger partial charge >= 0.3 is 5.97 Å². The number of carboxylic acids is 1. The molecule has 2 nitrogen and oxygen atoms in total. The lowest BCUT2D eigenvalue weighted by Crippen LogP contribution is -1.99. The first-order chi connectivity index (χ1) is 6.20. The minimum atomic E-state index is -0.882. The molecule has 1 N–H and O–H groups in total. The van der Waals surface area contributed by atoms with Crippen molar-refractivity contribution >= 4 is 5.97 Å². The Morgan fingerprint density at radius 3 is 2.54 bits per heavy atom. The van der Waals surface area contributed by atoms with Gasteiger partial charge < -0.3 is 5.11 Å². The van der Waals surface area contributed by atoms with Crippen molar-refractivity contribution in [2.75, 3.05) is 0 Å². The van der Waals surface area contributed by atoms with Crippen LogP contribution in [0.4, 0.5) is 0 Å². The average Bonchev–Trinajstić information content (AvgIpc) is 2.15. The van der Waals surface area contributed by atoms with Crippen LogP contribution >= 0.6 is 0 Å². The molecule has 1 aliphatic carbocycles. The highest BCUT2D eigenvalue weighted by atomic mass is 16.4. The van der Waals surface area contributed by atoms with Crippen LogP contribution in [0.1, 0.15) is 38.5 Å². The number of carboxylic acid groups (broad SMARTS) is 1. The summed E-state index contributed by atoms with van der Waals surface area (Å²) in [7, 11) is 0. The number of hydrogen-bond acceptors (Lipinski definition) is 1. The third-order valence-corrected chi connectivity index (χ3v) is 2.44. The Morgan fingerprint density at radius 2 is 2.00 bits per heavy atom. The Hall–Kier alpha value is -1.05. The first-order valence-corrected chi connectivity index (χ1v) is 4.79. The van der Waals surface area contributed by atoms with Crippen molar-refractivity contribution in [3.05, 3.63) is 23.8 Å². The van der Waals surface area contributed by atoms with Crippen LogP contribution in [0.15, 0.2) is 23.8 Å². The molecule has 0 spiro atoms. The van der Waals surface area contributed by atoms with E-state index in [2.05, 4.69) is 6.58 Å². The normalized spacial score (nSPS) is 16.8. The van der Waals surface area contributed by atoms with Gasteiger partial charge in [-0.3, -0.25) is 0 Å². The summed E-state index contributed by atoms with van der Waals surface area (Å²) in [6.07, 6.45) is 8.66. The highest BCUT2D eigenvalue weighted by molar-refractivity contribution is 5.86. The molecule has 1 aliphatic rings. The molecule has 0 atom stereocenters. The maximum atomic E-state index is 10.4. The van der Waals surface area contributed by atoms with E-state index in [1.165, 1.54) is 24.8 Å². The molecule has 2 heteroatoms. The topological polar surface area (TPSA) is 37.3 Å². The predicted molar refractivity (Wildman–Crippen MR) is 52.6 cm³/mol. The van der Waals surface area contributed by atoms with Gasteiger partial charge in [-0.1, -0.05) is 24.6 Å². The molecule has 0 unspecified atom stereocenters. The van der Waals surface area contributed by atoms with E-state index in [0.29, 0.717) is 6.42 Å². The van der Waals surface area contributed by atoms with Crippen molar-refractivity contribution in [1.29, 1.82) is 0 Å². The molecular weight excluding hydrogens is 164 g/mol. The lowest BCUT2D eigenvalue weighted by atomic mass is 9.93. The summed E-state index contributed by atoms with van der Waals surface area (Å²) < 4.78 is 0. The second-order valence-corrected chi connectivity index (χ2v) is 3.54. The molecule has 0 bridgehead atoms. The van der Waals surface area contributed by atoms with Crippen LogP contribution in [-0.2, 0) is 4.79 Å². The third kappa shape index (κ3) is 3.45. The van der Waals surface area contributed by atoms with Gasteiger partial charge in [0, 0.05) is 5.57 Å². The van der Waals surface area contributed by atoms with Crippen molar-refractivity contribution in [1.82, 2.24) is 0 Å². The van der Waals surface area contributed by atoms with Gasteiger partial charge in [0.2, 0.25) is 0 Å². The van der Waals surface area contributed by atoms with Crippen molar-refractivity contribution in [3.63, 3.8) is 0 Å². The zero-order valence-corrected chi connectivity index (χ0v) is 7.88. The zero-order chi connectivity index (χ0) is 9.68. The molecule has 0 aromatic carbocycles. The zero-order valence-electron chi connectivity index (χ0n) is 7.88. The Bertz CT molecular complexity index is 230. The Labute approximate surface area is 79.0 Å². The Balaban J connectivity index is 2.37. The second kappa shape index (κ2) is 4.85. The first-order valence-electron chi connectivity index (χ1n) is 4.79. The molecule has 0 amide bonds. The highest BCUT2D eigenvalue weighted by Gasteiger charge is 2.06. The quantitative estimate of drug-likeness (QED) is 0.535. The van der Waals surface area contributed by atoms with Gasteiger partial charge in [-0.05, 0) is 32.1 Å². The molecule has 0 heterocycles. The summed E-state index contributed by atoms with van der Waals surface area (Å²) in [6.45, 7) is 3.49. The fourth-order valence-corrected chi connectivity index (χ4v) is 1.56. The maximum absolute atomic E-state index is 10.4. The first kappa shape index (κ1) is 10.0. The van der Waals surface area contributed by atoms with E-state index in [1.807, 2.05) is 6.08 Å². The summed E-state index contributed by atoms with van der Waals surface area (Å²) in [6, 6.07) is 0. The molecule has 1 fully saturated rings. The van der Waals surface area contributed by atoms with E-state index in [-0.39, 0.29) is 5.57 Å². The Morgan fingerprint density at radius 1 is 1.38 bits per heavy atom. The van der Waals surface area contributed by atoms with Gasteiger partial charge in [-0.15, -0.1) is 0 Å². The molecule has 1 rings (SSSR count). The third-order valence-electron chi connectivity index (χ3n) is 2.44. The van der Waals surface area contributed by atoms with Gasteiger partial charge in [0.25, 0.3) is 0 Å². The van der Waals surface area contributed by atoms with E-state index < -0.39 is 5.97 Å². The van der Waals surface area contributed by atoms with Gasteiger partial charge in [0.05, 0.1) is 0 Å². The molecule has 13 heavy (non-hydrogen) atoms. The minimum absolute atomic E-state index is 0.290. The highest BCUT2D eigenvalue weighted by Crippen LogP contribution is 2.23. The molecular formula is C11H16O2. The molecule has 0 saturated heterocycles. The van der Waals surface area contributed by atoms with E-state index in [4.69, 9.17) is 5.11 Å². The van der Waals surface area contributed by atoms with Gasteiger partial charge in [0.1, 0.15) is 0 Å². The molecule has 0 aromatic heterocycles. The fourth-order valence-electron chi connectivity index (χ4n) is 1.56. The molecule has 72 valence electrons. The van der Waals surface area contributed by atoms with E-state index in [0.717, 1.165) is 12.8 Å². The smallest absolute Gasteiger partial charge is 0.331 e. The average molecular weight is 180 g/mol. The number of aliphatic carboxylic acids is 1. The minimum Gasteiger partial charge on any atom is -0.478 e. The van der Waals surface area contributed by atoms with Crippen LogP contribution in [0.25, 0.3) is 0 Å². The largest absolute Gasteiger partial charge is 0.478 e. The lowest BCUT2D eigenvalue weighted by Gasteiger charge is -2.13. The second-order valence-electron chi connectivity index (χ2n) is 3.54. The Kier molecular flexibility index (Phi) is 3.74. The molecule has 1 saturated carbocycles. The number of allylic oxidation sites excluding steroid dienone is 2. The summed E-state index contributed by atoms with van der Waals surface area (Å²) in [5, 5.41) is 8.58. The lowest BCUT2D eigenvalue weighted by molar-refractivity contribution is -0.132. The maximum Gasteiger partial charge on any atom is 0.331 e. The SMILES string of the molecule is C=C(CC=C1CCCCC1)C(=O)O. The monoisotopic (exact) mass is 180 g/mol. The number of hydrogen-bond donors (Lipinski definition) is 1. The van der Waals surface area contributed by atoms with E-state index in [1.54, 1.807) is 0 Å². The van der Waals surface area contributed by atoms with Crippen molar-refractivity contribution in [2.24, 2.45) is 0 Å². The summed E-state index contributed by atoms with van der Waals surface area (Å²) >= 11 is 0. The van der Waals surface area contributed by atoms with E-state index >= 15 is 0 Å². The van der Waals surface area contributed by atoms with Crippen LogP contribution in [0.2, 0.25) is 0 Å².